The lowest BCUT2D eigenvalue weighted by Crippen LogP contribution is -2.50. The molecule has 1 atom stereocenters. The third kappa shape index (κ3) is 4.36. The first-order valence-corrected chi connectivity index (χ1v) is 10.5. The number of aromatic nitrogens is 1. The number of hydrogen-bond donors (Lipinski definition) is 1. The van der Waals surface area contributed by atoms with E-state index in [1.54, 1.807) is 22.5 Å². The molecule has 1 aliphatic heterocycles. The second-order valence-corrected chi connectivity index (χ2v) is 7.67. The maximum atomic E-state index is 13.3. The Morgan fingerprint density at radius 3 is 2.30 bits per heavy atom. The summed E-state index contributed by atoms with van der Waals surface area (Å²) in [5, 5.41) is 10.8. The molecule has 30 heavy (non-hydrogen) atoms. The van der Waals surface area contributed by atoms with Gasteiger partial charge in [-0.25, -0.2) is 4.79 Å². The summed E-state index contributed by atoms with van der Waals surface area (Å²) >= 11 is 0. The van der Waals surface area contributed by atoms with E-state index < -0.39 is 0 Å². The zero-order valence-electron chi connectivity index (χ0n) is 18.2. The molecule has 1 amide bonds. The summed E-state index contributed by atoms with van der Waals surface area (Å²) in [6, 6.07) is 9.32. The number of amides is 1. The fourth-order valence-electron chi connectivity index (χ4n) is 4.10. The standard InChI is InChI=1S/C23H31N3O4/c1-5-26-17(4)15-19(27)20(22(26)28)21(18-9-7-16(3)8-10-18)24-11-13-25(14-12-24)23(29)30-6-2/h7-10,15,21,27H,5-6,11-14H2,1-4H3. The molecule has 0 bridgehead atoms. The second kappa shape index (κ2) is 9.34. The monoisotopic (exact) mass is 413 g/mol. The van der Waals surface area contributed by atoms with Crippen molar-refractivity contribution in [2.24, 2.45) is 0 Å². The lowest BCUT2D eigenvalue weighted by atomic mass is 9.95. The molecule has 2 heterocycles. The summed E-state index contributed by atoms with van der Waals surface area (Å²) in [4.78, 5) is 29.2. The normalized spacial score (nSPS) is 15.8. The van der Waals surface area contributed by atoms with Gasteiger partial charge >= 0.3 is 6.09 Å². The first kappa shape index (κ1) is 21.9. The van der Waals surface area contributed by atoms with Crippen LogP contribution in [0.3, 0.4) is 0 Å². The predicted octanol–water partition coefficient (Wildman–Crippen LogP) is 3.05. The third-order valence-corrected chi connectivity index (χ3v) is 5.71. The van der Waals surface area contributed by atoms with Crippen molar-refractivity contribution in [2.75, 3.05) is 32.8 Å². The number of hydrogen-bond acceptors (Lipinski definition) is 5. The van der Waals surface area contributed by atoms with E-state index in [0.717, 1.165) is 16.8 Å². The zero-order valence-corrected chi connectivity index (χ0v) is 18.2. The number of aromatic hydroxyl groups is 1. The van der Waals surface area contributed by atoms with Crippen LogP contribution < -0.4 is 5.56 Å². The van der Waals surface area contributed by atoms with Crippen molar-refractivity contribution in [2.45, 2.75) is 40.3 Å². The predicted molar refractivity (Wildman–Crippen MR) is 116 cm³/mol. The molecule has 1 saturated heterocycles. The smallest absolute Gasteiger partial charge is 0.409 e. The molecule has 2 aromatic rings. The van der Waals surface area contributed by atoms with Crippen molar-refractivity contribution < 1.29 is 14.6 Å². The highest BCUT2D eigenvalue weighted by Crippen LogP contribution is 2.33. The zero-order chi connectivity index (χ0) is 21.8. The fourth-order valence-corrected chi connectivity index (χ4v) is 4.10. The lowest BCUT2D eigenvalue weighted by Gasteiger charge is -2.39. The van der Waals surface area contributed by atoms with Gasteiger partial charge in [-0.05, 0) is 39.3 Å². The maximum absolute atomic E-state index is 13.3. The van der Waals surface area contributed by atoms with Gasteiger partial charge in [0.1, 0.15) is 5.75 Å². The van der Waals surface area contributed by atoms with E-state index in [4.69, 9.17) is 4.74 Å². The third-order valence-electron chi connectivity index (χ3n) is 5.71. The first-order valence-electron chi connectivity index (χ1n) is 10.5. The summed E-state index contributed by atoms with van der Waals surface area (Å²) in [6.45, 7) is 10.6. The number of nitrogens with zero attached hydrogens (tertiary/aromatic N) is 3. The van der Waals surface area contributed by atoms with Gasteiger partial charge in [0, 0.05) is 38.4 Å². The molecule has 1 fully saturated rings. The second-order valence-electron chi connectivity index (χ2n) is 7.67. The Bertz CT molecular complexity index is 944. The van der Waals surface area contributed by atoms with Gasteiger partial charge in [-0.3, -0.25) is 9.69 Å². The lowest BCUT2D eigenvalue weighted by molar-refractivity contribution is 0.0709. The minimum absolute atomic E-state index is 0.0144. The highest BCUT2D eigenvalue weighted by Gasteiger charge is 2.32. The Morgan fingerprint density at radius 1 is 1.10 bits per heavy atom. The SMILES string of the molecule is CCOC(=O)N1CCN(C(c2ccc(C)cc2)c2c(O)cc(C)n(CC)c2=O)CC1. The van der Waals surface area contributed by atoms with Crippen molar-refractivity contribution >= 4 is 6.09 Å². The molecule has 1 aromatic heterocycles. The van der Waals surface area contributed by atoms with E-state index in [1.807, 2.05) is 45.0 Å². The van der Waals surface area contributed by atoms with Crippen LogP contribution in [0.5, 0.6) is 5.75 Å². The number of pyridine rings is 1. The highest BCUT2D eigenvalue weighted by atomic mass is 16.6. The van der Waals surface area contributed by atoms with Crippen LogP contribution in [-0.2, 0) is 11.3 Å². The first-order chi connectivity index (χ1) is 14.4. The topological polar surface area (TPSA) is 75.0 Å². The molecule has 1 aliphatic rings. The van der Waals surface area contributed by atoms with Gasteiger partial charge in [-0.15, -0.1) is 0 Å². The average Bonchev–Trinajstić information content (AvgIpc) is 2.72. The van der Waals surface area contributed by atoms with Crippen LogP contribution in [0, 0.1) is 13.8 Å². The Labute approximate surface area is 177 Å². The van der Waals surface area contributed by atoms with Crippen molar-refractivity contribution in [1.29, 1.82) is 0 Å². The van der Waals surface area contributed by atoms with Gasteiger partial charge in [0.05, 0.1) is 18.2 Å². The van der Waals surface area contributed by atoms with E-state index in [-0.39, 0.29) is 23.4 Å². The Morgan fingerprint density at radius 2 is 1.73 bits per heavy atom. The molecule has 162 valence electrons. The van der Waals surface area contributed by atoms with Gasteiger partial charge in [-0.2, -0.15) is 0 Å². The summed E-state index contributed by atoms with van der Waals surface area (Å²) in [6.07, 6.45) is -0.310. The van der Waals surface area contributed by atoms with Crippen LogP contribution in [0.4, 0.5) is 4.79 Å². The van der Waals surface area contributed by atoms with Crippen molar-refractivity contribution in [3.63, 3.8) is 0 Å². The number of aryl methyl sites for hydroxylation is 2. The Hall–Kier alpha value is -2.80. The summed E-state index contributed by atoms with van der Waals surface area (Å²) in [5.74, 6) is 0.0144. The molecule has 1 aromatic carbocycles. The van der Waals surface area contributed by atoms with E-state index in [9.17, 15) is 14.7 Å². The van der Waals surface area contributed by atoms with E-state index in [2.05, 4.69) is 4.90 Å². The van der Waals surface area contributed by atoms with Crippen LogP contribution in [-0.4, -0.2) is 58.4 Å². The Balaban J connectivity index is 2.01. The molecule has 0 spiro atoms. The van der Waals surface area contributed by atoms with Crippen molar-refractivity contribution in [1.82, 2.24) is 14.4 Å². The van der Waals surface area contributed by atoms with Crippen molar-refractivity contribution in [3.05, 3.63) is 63.1 Å². The average molecular weight is 414 g/mol. The molecular formula is C23H31N3O4. The summed E-state index contributed by atoms with van der Waals surface area (Å²) < 4.78 is 6.80. The van der Waals surface area contributed by atoms with E-state index in [1.165, 1.54) is 0 Å². The van der Waals surface area contributed by atoms with Gasteiger partial charge in [0.15, 0.2) is 0 Å². The molecule has 3 rings (SSSR count). The molecule has 1 unspecified atom stereocenters. The van der Waals surface area contributed by atoms with Gasteiger partial charge in [0.2, 0.25) is 0 Å². The van der Waals surface area contributed by atoms with E-state index in [0.29, 0.717) is 44.9 Å². The van der Waals surface area contributed by atoms with Gasteiger partial charge < -0.3 is 19.3 Å². The van der Waals surface area contributed by atoms with Crippen LogP contribution in [0.2, 0.25) is 0 Å². The molecule has 0 radical (unpaired) electrons. The molecular weight excluding hydrogens is 382 g/mol. The number of rotatable bonds is 5. The van der Waals surface area contributed by atoms with Crippen LogP contribution in [0.25, 0.3) is 0 Å². The van der Waals surface area contributed by atoms with Crippen LogP contribution in [0.15, 0.2) is 35.1 Å². The fraction of sp³-hybridized carbons (Fsp3) is 0.478. The molecule has 7 nitrogen and oxygen atoms in total. The molecule has 0 aliphatic carbocycles. The quantitative estimate of drug-likeness (QED) is 0.815. The van der Waals surface area contributed by atoms with Crippen LogP contribution >= 0.6 is 0 Å². The minimum atomic E-state index is -0.388. The molecule has 0 saturated carbocycles. The number of carbonyl (C=O) groups excluding carboxylic acids is 1. The maximum Gasteiger partial charge on any atom is 0.409 e. The largest absolute Gasteiger partial charge is 0.507 e. The molecule has 7 heteroatoms. The summed E-state index contributed by atoms with van der Waals surface area (Å²) in [5.41, 5.74) is 3.02. The highest BCUT2D eigenvalue weighted by molar-refractivity contribution is 5.67. The van der Waals surface area contributed by atoms with Gasteiger partial charge in [-0.1, -0.05) is 29.8 Å². The number of ether oxygens (including phenoxy) is 1. The van der Waals surface area contributed by atoms with Gasteiger partial charge in [0.25, 0.3) is 5.56 Å². The van der Waals surface area contributed by atoms with Crippen LogP contribution in [0.1, 0.15) is 42.3 Å². The van der Waals surface area contributed by atoms with E-state index >= 15 is 0 Å². The summed E-state index contributed by atoms with van der Waals surface area (Å²) in [7, 11) is 0. The van der Waals surface area contributed by atoms with Crippen molar-refractivity contribution in [3.8, 4) is 5.75 Å². The number of benzene rings is 1. The number of carbonyl (C=O) groups is 1. The minimum Gasteiger partial charge on any atom is -0.507 e. The Kier molecular flexibility index (Phi) is 6.82. The number of piperazine rings is 1. The molecule has 1 N–H and O–H groups in total.